The number of benzene rings is 1. The maximum Gasteiger partial charge on any atom is 0.451 e. The summed E-state index contributed by atoms with van der Waals surface area (Å²) in [5.41, 5.74) is 0.945. The van der Waals surface area contributed by atoms with Crippen LogP contribution in [0.2, 0.25) is 0 Å². The lowest BCUT2D eigenvalue weighted by atomic mass is 10.1. The highest BCUT2D eigenvalue weighted by atomic mass is 32.2. The quantitative estimate of drug-likeness (QED) is 0.834. The summed E-state index contributed by atoms with van der Waals surface area (Å²) in [6.07, 6.45) is -4.58. The Morgan fingerprint density at radius 2 is 1.83 bits per heavy atom. The first-order valence-electron chi connectivity index (χ1n) is 7.18. The van der Waals surface area contributed by atoms with Gasteiger partial charge in [0.05, 0.1) is 11.3 Å². The molecule has 0 aliphatic heterocycles. The number of carbonyl (C=O) groups excluding carboxylic acids is 1. The Bertz CT molecular complexity index is 702. The van der Waals surface area contributed by atoms with E-state index >= 15 is 0 Å². The molecule has 1 aromatic carbocycles. The van der Waals surface area contributed by atoms with E-state index in [9.17, 15) is 18.0 Å². The van der Waals surface area contributed by atoms with Gasteiger partial charge >= 0.3 is 6.18 Å². The minimum Gasteiger partial charge on any atom is -0.349 e. The molecule has 0 spiro atoms. The van der Waals surface area contributed by atoms with E-state index in [1.54, 1.807) is 6.92 Å². The normalized spacial score (nSPS) is 14.2. The van der Waals surface area contributed by atoms with Gasteiger partial charge in [-0.15, -0.1) is 10.2 Å². The zero-order chi connectivity index (χ0) is 17.9. The maximum atomic E-state index is 12.7. The zero-order valence-corrected chi connectivity index (χ0v) is 14.1. The summed E-state index contributed by atoms with van der Waals surface area (Å²) in [7, 11) is 1.22. The van der Waals surface area contributed by atoms with Gasteiger partial charge in [0.15, 0.2) is 5.16 Å². The minimum absolute atomic E-state index is 0.0392. The number of rotatable bonds is 5. The highest BCUT2D eigenvalue weighted by Crippen LogP contribution is 2.30. The van der Waals surface area contributed by atoms with Gasteiger partial charge in [-0.2, -0.15) is 13.2 Å². The number of nitrogens with one attached hydrogen (secondary N) is 1. The van der Waals surface area contributed by atoms with Crippen molar-refractivity contribution in [3.05, 3.63) is 41.7 Å². The van der Waals surface area contributed by atoms with Crippen LogP contribution in [-0.2, 0) is 18.0 Å². The van der Waals surface area contributed by atoms with Crippen molar-refractivity contribution in [3.63, 3.8) is 0 Å². The summed E-state index contributed by atoms with van der Waals surface area (Å²) >= 11 is 0.930. The van der Waals surface area contributed by atoms with Crippen LogP contribution in [0.5, 0.6) is 0 Å². The first-order chi connectivity index (χ1) is 11.2. The molecule has 0 bridgehead atoms. The van der Waals surface area contributed by atoms with Crippen LogP contribution in [0.4, 0.5) is 13.2 Å². The number of hydrogen-bond acceptors (Lipinski definition) is 4. The summed E-state index contributed by atoms with van der Waals surface area (Å²) in [4.78, 5) is 12.2. The molecule has 1 heterocycles. The van der Waals surface area contributed by atoms with Crippen molar-refractivity contribution in [2.75, 3.05) is 0 Å². The molecule has 0 aliphatic rings. The number of halogens is 3. The third kappa shape index (κ3) is 4.28. The fourth-order valence-corrected chi connectivity index (χ4v) is 2.86. The van der Waals surface area contributed by atoms with Gasteiger partial charge in [-0.05, 0) is 19.4 Å². The number of carbonyl (C=O) groups is 1. The van der Waals surface area contributed by atoms with Crippen LogP contribution in [0.1, 0.15) is 31.3 Å². The second-order valence-electron chi connectivity index (χ2n) is 5.26. The van der Waals surface area contributed by atoms with Gasteiger partial charge in [-0.3, -0.25) is 4.79 Å². The molecule has 1 amide bonds. The number of amides is 1. The molecule has 1 N–H and O–H groups in total. The molecule has 0 fully saturated rings. The van der Waals surface area contributed by atoms with E-state index in [2.05, 4.69) is 15.5 Å². The summed E-state index contributed by atoms with van der Waals surface area (Å²) in [6, 6.07) is 9.19. The van der Waals surface area contributed by atoms with Crippen LogP contribution in [-0.4, -0.2) is 25.9 Å². The lowest BCUT2D eigenvalue weighted by Crippen LogP contribution is -2.33. The molecule has 0 saturated carbocycles. The van der Waals surface area contributed by atoms with Gasteiger partial charge in [-0.1, -0.05) is 42.1 Å². The van der Waals surface area contributed by atoms with E-state index in [-0.39, 0.29) is 17.1 Å². The second kappa shape index (κ2) is 7.25. The smallest absolute Gasteiger partial charge is 0.349 e. The lowest BCUT2D eigenvalue weighted by Gasteiger charge is -2.17. The summed E-state index contributed by atoms with van der Waals surface area (Å²) in [5, 5.41) is 8.92. The van der Waals surface area contributed by atoms with E-state index in [0.29, 0.717) is 0 Å². The van der Waals surface area contributed by atoms with Crippen LogP contribution in [0.3, 0.4) is 0 Å². The Hall–Kier alpha value is -2.03. The standard InChI is InChI=1S/C15H17F3N4OS/c1-9(11-7-5-4-6-8-11)19-12(23)10(2)24-14-21-20-13(22(14)3)15(16,17)18/h4-10H,1-3H3,(H,19,23)/t9-,10-/m0/s1. The van der Waals surface area contributed by atoms with Crippen molar-refractivity contribution in [2.45, 2.75) is 36.5 Å². The molecule has 5 nitrogen and oxygen atoms in total. The van der Waals surface area contributed by atoms with Gasteiger partial charge in [0, 0.05) is 7.05 Å². The summed E-state index contributed by atoms with van der Waals surface area (Å²) in [5.74, 6) is -1.37. The highest BCUT2D eigenvalue weighted by molar-refractivity contribution is 8.00. The number of nitrogens with zero attached hydrogens (tertiary/aromatic N) is 3. The molecule has 0 radical (unpaired) electrons. The van der Waals surface area contributed by atoms with Gasteiger partial charge in [0.2, 0.25) is 11.7 Å². The fraction of sp³-hybridized carbons (Fsp3) is 0.400. The molecule has 2 aromatic rings. The van der Waals surface area contributed by atoms with Gasteiger partial charge in [0.1, 0.15) is 0 Å². The Morgan fingerprint density at radius 3 is 2.38 bits per heavy atom. The van der Waals surface area contributed by atoms with Crippen molar-refractivity contribution < 1.29 is 18.0 Å². The van der Waals surface area contributed by atoms with Gasteiger partial charge < -0.3 is 9.88 Å². The topological polar surface area (TPSA) is 59.8 Å². The Balaban J connectivity index is 2.01. The Kier molecular flexibility index (Phi) is 5.53. The van der Waals surface area contributed by atoms with Crippen molar-refractivity contribution >= 4 is 17.7 Å². The third-order valence-electron chi connectivity index (χ3n) is 3.40. The molecule has 130 valence electrons. The summed E-state index contributed by atoms with van der Waals surface area (Å²) < 4.78 is 39.0. The molecule has 2 atom stereocenters. The van der Waals surface area contributed by atoms with Crippen LogP contribution in [0.25, 0.3) is 0 Å². The zero-order valence-electron chi connectivity index (χ0n) is 13.3. The number of aromatic nitrogens is 3. The van der Waals surface area contributed by atoms with E-state index in [0.717, 1.165) is 21.9 Å². The van der Waals surface area contributed by atoms with Gasteiger partial charge in [-0.25, -0.2) is 0 Å². The molecule has 0 unspecified atom stereocenters. The molecule has 9 heteroatoms. The molecular formula is C15H17F3N4OS. The maximum absolute atomic E-state index is 12.7. The predicted octanol–water partition coefficient (Wildman–Crippen LogP) is 3.19. The first kappa shape index (κ1) is 18.3. The lowest BCUT2D eigenvalue weighted by molar-refractivity contribution is -0.147. The van der Waals surface area contributed by atoms with Crippen LogP contribution < -0.4 is 5.32 Å². The SMILES string of the molecule is C[C@H](Sc1nnc(C(F)(F)F)n1C)C(=O)N[C@@H](C)c1ccccc1. The average Bonchev–Trinajstić information content (AvgIpc) is 2.89. The molecule has 0 saturated heterocycles. The predicted molar refractivity (Wildman–Crippen MR) is 84.3 cm³/mol. The van der Waals surface area contributed by atoms with Crippen LogP contribution in [0, 0.1) is 0 Å². The highest BCUT2D eigenvalue weighted by Gasteiger charge is 2.37. The van der Waals surface area contributed by atoms with Crippen molar-refractivity contribution in [2.24, 2.45) is 7.05 Å². The van der Waals surface area contributed by atoms with Crippen molar-refractivity contribution in [1.82, 2.24) is 20.1 Å². The van der Waals surface area contributed by atoms with E-state index < -0.39 is 17.3 Å². The molecule has 2 rings (SSSR count). The first-order valence-corrected chi connectivity index (χ1v) is 8.06. The molecule has 24 heavy (non-hydrogen) atoms. The number of thioether (sulfide) groups is 1. The van der Waals surface area contributed by atoms with E-state index in [1.807, 2.05) is 37.3 Å². The number of alkyl halides is 3. The Labute approximate surface area is 141 Å². The Morgan fingerprint density at radius 1 is 1.21 bits per heavy atom. The second-order valence-corrected chi connectivity index (χ2v) is 6.57. The third-order valence-corrected chi connectivity index (χ3v) is 4.53. The largest absolute Gasteiger partial charge is 0.451 e. The van der Waals surface area contributed by atoms with E-state index in [4.69, 9.17) is 0 Å². The monoisotopic (exact) mass is 358 g/mol. The molecule has 0 aliphatic carbocycles. The fourth-order valence-electron chi connectivity index (χ4n) is 2.03. The van der Waals surface area contributed by atoms with Crippen molar-refractivity contribution in [1.29, 1.82) is 0 Å². The summed E-state index contributed by atoms with van der Waals surface area (Å²) in [6.45, 7) is 3.45. The van der Waals surface area contributed by atoms with Crippen LogP contribution in [0.15, 0.2) is 35.5 Å². The van der Waals surface area contributed by atoms with Crippen LogP contribution >= 0.6 is 11.8 Å². The molecular weight excluding hydrogens is 341 g/mol. The van der Waals surface area contributed by atoms with E-state index in [1.165, 1.54) is 7.05 Å². The van der Waals surface area contributed by atoms with Gasteiger partial charge in [0.25, 0.3) is 0 Å². The molecule has 1 aromatic heterocycles. The minimum atomic E-state index is -4.58. The van der Waals surface area contributed by atoms with Crippen molar-refractivity contribution in [3.8, 4) is 0 Å². The average molecular weight is 358 g/mol. The number of hydrogen-bond donors (Lipinski definition) is 1.